The molecule has 0 aliphatic carbocycles. The third-order valence-corrected chi connectivity index (χ3v) is 9.66. The highest BCUT2D eigenvalue weighted by atomic mass is 16.3. The van der Waals surface area contributed by atoms with Crippen molar-refractivity contribution in [3.8, 4) is 34.2 Å². The molecule has 5 nitrogen and oxygen atoms in total. The fourth-order valence-electron chi connectivity index (χ4n) is 7.10. The monoisotopic (exact) mass is 666 g/mol. The summed E-state index contributed by atoms with van der Waals surface area (Å²) in [5.41, 5.74) is 7.34. The smallest absolute Gasteiger partial charge is 0.164 e. The summed E-state index contributed by atoms with van der Waals surface area (Å²) in [4.78, 5) is 17.1. The van der Waals surface area contributed by atoms with Crippen LogP contribution in [-0.4, -0.2) is 15.0 Å². The number of nitrogens with zero attached hydrogens (tertiary/aromatic N) is 4. The predicted molar refractivity (Wildman–Crippen MR) is 213 cm³/mol. The van der Waals surface area contributed by atoms with Gasteiger partial charge in [-0.25, -0.2) is 15.0 Å². The minimum Gasteiger partial charge on any atom is -0.454 e. The Morgan fingerprint density at radius 1 is 0.365 bits per heavy atom. The van der Waals surface area contributed by atoms with E-state index in [0.717, 1.165) is 55.7 Å². The van der Waals surface area contributed by atoms with Crippen molar-refractivity contribution in [2.24, 2.45) is 0 Å². The summed E-state index contributed by atoms with van der Waals surface area (Å²) >= 11 is 0. The molecule has 0 spiro atoms. The minimum absolute atomic E-state index is 0.587. The SMILES string of the molecule is c1ccc(-c2nc(-c3ccccc3)nc(-c3ccc4c(c3)oc3c(N(c5ccc6ccccc6c5)c5ccc6ccccc6c5)cccc34)n2)cc1. The molecule has 0 N–H and O–H groups in total. The number of benzene rings is 8. The average Bonchev–Trinajstić information content (AvgIpc) is 3.60. The highest BCUT2D eigenvalue weighted by Gasteiger charge is 2.21. The van der Waals surface area contributed by atoms with Crippen LogP contribution in [0, 0.1) is 0 Å². The zero-order valence-corrected chi connectivity index (χ0v) is 28.0. The van der Waals surface area contributed by atoms with Crippen LogP contribution < -0.4 is 4.90 Å². The molecular formula is C47H30N4O. The fourth-order valence-corrected chi connectivity index (χ4v) is 7.10. The van der Waals surface area contributed by atoms with E-state index in [4.69, 9.17) is 19.4 Å². The van der Waals surface area contributed by atoms with Gasteiger partial charge in [-0.2, -0.15) is 0 Å². The Morgan fingerprint density at radius 3 is 1.46 bits per heavy atom. The van der Waals surface area contributed by atoms with Gasteiger partial charge in [0, 0.05) is 38.8 Å². The summed E-state index contributed by atoms with van der Waals surface area (Å²) in [5, 5.41) is 6.81. The Bertz CT molecular complexity index is 2780. The maximum atomic E-state index is 6.86. The molecule has 0 aliphatic rings. The second kappa shape index (κ2) is 12.3. The lowest BCUT2D eigenvalue weighted by Gasteiger charge is -2.26. The van der Waals surface area contributed by atoms with Crippen LogP contribution in [0.5, 0.6) is 0 Å². The van der Waals surface area contributed by atoms with Crippen LogP contribution >= 0.6 is 0 Å². The van der Waals surface area contributed by atoms with Crippen LogP contribution in [0.3, 0.4) is 0 Å². The van der Waals surface area contributed by atoms with E-state index in [-0.39, 0.29) is 0 Å². The van der Waals surface area contributed by atoms with Crippen LogP contribution in [0.1, 0.15) is 0 Å². The summed E-state index contributed by atoms with van der Waals surface area (Å²) in [6.07, 6.45) is 0. The number of fused-ring (bicyclic) bond motifs is 5. The molecule has 0 saturated carbocycles. The van der Waals surface area contributed by atoms with Gasteiger partial charge in [0.05, 0.1) is 5.69 Å². The van der Waals surface area contributed by atoms with Crippen molar-refractivity contribution >= 4 is 60.5 Å². The molecule has 2 aromatic heterocycles. The second-order valence-electron chi connectivity index (χ2n) is 12.9. The van der Waals surface area contributed by atoms with Gasteiger partial charge in [-0.15, -0.1) is 0 Å². The molecular weight excluding hydrogens is 637 g/mol. The molecule has 0 bridgehead atoms. The van der Waals surface area contributed by atoms with Crippen molar-refractivity contribution in [1.82, 2.24) is 15.0 Å². The number of anilines is 3. The van der Waals surface area contributed by atoms with Crippen molar-refractivity contribution in [3.05, 3.63) is 182 Å². The molecule has 0 aliphatic heterocycles. The Balaban J connectivity index is 1.15. The normalized spacial score (nSPS) is 11.5. The number of hydrogen-bond donors (Lipinski definition) is 0. The molecule has 0 unspecified atom stereocenters. The number of rotatable bonds is 6. The van der Waals surface area contributed by atoms with Crippen molar-refractivity contribution < 1.29 is 4.42 Å². The highest BCUT2D eigenvalue weighted by Crippen LogP contribution is 2.44. The minimum atomic E-state index is 0.587. The van der Waals surface area contributed by atoms with Crippen LogP contribution in [0.15, 0.2) is 186 Å². The van der Waals surface area contributed by atoms with Gasteiger partial charge in [0.15, 0.2) is 23.1 Å². The number of para-hydroxylation sites is 1. The quantitative estimate of drug-likeness (QED) is 0.177. The van der Waals surface area contributed by atoms with Gasteiger partial charge in [0.1, 0.15) is 5.58 Å². The zero-order valence-electron chi connectivity index (χ0n) is 28.0. The fraction of sp³-hybridized carbons (Fsp3) is 0. The Morgan fingerprint density at radius 2 is 0.885 bits per heavy atom. The lowest BCUT2D eigenvalue weighted by Crippen LogP contribution is -2.10. The lowest BCUT2D eigenvalue weighted by molar-refractivity contribution is 0.669. The maximum Gasteiger partial charge on any atom is 0.164 e. The van der Waals surface area contributed by atoms with Gasteiger partial charge >= 0.3 is 0 Å². The molecule has 8 aromatic carbocycles. The Hall–Kier alpha value is -7.11. The van der Waals surface area contributed by atoms with Crippen LogP contribution in [-0.2, 0) is 0 Å². The Labute approximate surface area is 300 Å². The first-order chi connectivity index (χ1) is 25.7. The standard InChI is InChI=1S/C47H30N4O/c1-3-14-33(15-4-1)45-48-46(34-16-5-2-6-17-34)50-47(49-45)37-24-27-40-41-20-11-21-42(44(41)52-43(40)30-37)51(38-25-22-31-12-7-9-18-35(31)28-38)39-26-23-32-13-8-10-19-36(32)29-39/h1-30H. The summed E-state index contributed by atoms with van der Waals surface area (Å²) in [7, 11) is 0. The van der Waals surface area contributed by atoms with Gasteiger partial charge in [0.25, 0.3) is 0 Å². The number of aromatic nitrogens is 3. The molecule has 0 amide bonds. The molecule has 0 saturated heterocycles. The van der Waals surface area contributed by atoms with E-state index >= 15 is 0 Å². The molecule has 5 heteroatoms. The van der Waals surface area contributed by atoms with E-state index in [1.54, 1.807) is 0 Å². The van der Waals surface area contributed by atoms with Gasteiger partial charge in [-0.05, 0) is 64.0 Å². The molecule has 0 atom stereocenters. The van der Waals surface area contributed by atoms with Gasteiger partial charge in [-0.1, -0.05) is 140 Å². The maximum absolute atomic E-state index is 6.86. The molecule has 0 radical (unpaired) electrons. The highest BCUT2D eigenvalue weighted by molar-refractivity contribution is 6.11. The van der Waals surface area contributed by atoms with E-state index in [0.29, 0.717) is 17.5 Å². The van der Waals surface area contributed by atoms with Crippen molar-refractivity contribution in [1.29, 1.82) is 0 Å². The van der Waals surface area contributed by atoms with Crippen LogP contribution in [0.4, 0.5) is 17.1 Å². The topological polar surface area (TPSA) is 55.1 Å². The predicted octanol–water partition coefficient (Wildman–Crippen LogP) is 12.5. The van der Waals surface area contributed by atoms with E-state index < -0.39 is 0 Å². The third-order valence-electron chi connectivity index (χ3n) is 9.66. The Kier molecular flexibility index (Phi) is 7.07. The van der Waals surface area contributed by atoms with Gasteiger partial charge in [-0.3, -0.25) is 0 Å². The number of hydrogen-bond acceptors (Lipinski definition) is 5. The summed E-state index contributed by atoms with van der Waals surface area (Å²) in [5.74, 6) is 1.83. The molecule has 10 rings (SSSR count). The molecule has 0 fully saturated rings. The molecule has 10 aromatic rings. The van der Waals surface area contributed by atoms with Crippen LogP contribution in [0.25, 0.3) is 77.6 Å². The summed E-state index contributed by atoms with van der Waals surface area (Å²) < 4.78 is 6.86. The zero-order chi connectivity index (χ0) is 34.4. The molecule has 52 heavy (non-hydrogen) atoms. The summed E-state index contributed by atoms with van der Waals surface area (Å²) in [6, 6.07) is 62.9. The van der Waals surface area contributed by atoms with Crippen molar-refractivity contribution in [2.45, 2.75) is 0 Å². The van der Waals surface area contributed by atoms with E-state index in [1.807, 2.05) is 66.7 Å². The first-order valence-electron chi connectivity index (χ1n) is 17.4. The van der Waals surface area contributed by atoms with E-state index in [1.165, 1.54) is 21.5 Å². The van der Waals surface area contributed by atoms with E-state index in [9.17, 15) is 0 Å². The molecule has 2 heterocycles. The lowest BCUT2D eigenvalue weighted by atomic mass is 10.1. The van der Waals surface area contributed by atoms with Crippen molar-refractivity contribution in [2.75, 3.05) is 4.90 Å². The largest absolute Gasteiger partial charge is 0.454 e. The second-order valence-corrected chi connectivity index (χ2v) is 12.9. The van der Waals surface area contributed by atoms with Gasteiger partial charge in [0.2, 0.25) is 0 Å². The van der Waals surface area contributed by atoms with Crippen LogP contribution in [0.2, 0.25) is 0 Å². The number of furan rings is 1. The first kappa shape index (κ1) is 29.8. The van der Waals surface area contributed by atoms with E-state index in [2.05, 4.69) is 120 Å². The van der Waals surface area contributed by atoms with Crippen molar-refractivity contribution in [3.63, 3.8) is 0 Å². The van der Waals surface area contributed by atoms with Gasteiger partial charge < -0.3 is 9.32 Å². The first-order valence-corrected chi connectivity index (χ1v) is 17.4. The third kappa shape index (κ3) is 5.24. The molecule has 244 valence electrons. The summed E-state index contributed by atoms with van der Waals surface area (Å²) in [6.45, 7) is 0. The average molecular weight is 667 g/mol.